The van der Waals surface area contributed by atoms with Crippen LogP contribution in [0.5, 0.6) is 0 Å². The highest BCUT2D eigenvalue weighted by Crippen LogP contribution is 2.29. The van der Waals surface area contributed by atoms with Gasteiger partial charge < -0.3 is 4.74 Å². The van der Waals surface area contributed by atoms with Crippen molar-refractivity contribution in [3.8, 4) is 0 Å². The molecule has 1 atom stereocenters. The van der Waals surface area contributed by atoms with Gasteiger partial charge in [0.15, 0.2) is 0 Å². The lowest BCUT2D eigenvalue weighted by atomic mass is 10.3. The van der Waals surface area contributed by atoms with Gasteiger partial charge >= 0.3 is 0 Å². The Hall–Kier alpha value is -1.22. The number of nitro benzene ring substituents is 1. The van der Waals surface area contributed by atoms with Crippen LogP contribution in [0.1, 0.15) is 13.3 Å². The Morgan fingerprint density at radius 1 is 1.48 bits per heavy atom. The minimum atomic E-state index is -3.80. The fourth-order valence-electron chi connectivity index (χ4n) is 2.12. The Morgan fingerprint density at radius 2 is 2.19 bits per heavy atom. The first-order chi connectivity index (χ1) is 9.82. The van der Waals surface area contributed by atoms with Crippen molar-refractivity contribution < 1.29 is 18.1 Å². The Bertz CT molecular complexity index is 649. The van der Waals surface area contributed by atoms with E-state index in [1.165, 1.54) is 16.4 Å². The van der Waals surface area contributed by atoms with Crippen LogP contribution >= 0.6 is 11.6 Å². The zero-order valence-electron chi connectivity index (χ0n) is 11.4. The molecule has 1 unspecified atom stereocenters. The van der Waals surface area contributed by atoms with Gasteiger partial charge in [-0.15, -0.1) is 0 Å². The van der Waals surface area contributed by atoms with Gasteiger partial charge in [-0.25, -0.2) is 8.42 Å². The molecule has 1 heterocycles. The Balaban J connectivity index is 2.39. The lowest BCUT2D eigenvalue weighted by molar-refractivity contribution is -0.384. The number of nitro groups is 1. The maximum Gasteiger partial charge on any atom is 0.289 e. The quantitative estimate of drug-likeness (QED) is 0.623. The van der Waals surface area contributed by atoms with Crippen LogP contribution < -0.4 is 0 Å². The summed E-state index contributed by atoms with van der Waals surface area (Å²) in [7, 11) is -3.80. The summed E-state index contributed by atoms with van der Waals surface area (Å²) in [4.78, 5) is 10.0. The molecule has 1 aliphatic rings. The standard InChI is InChI=1S/C12H15ClN2O5S/c1-9-8-14(5-2-6-20-9)21(18,19)10-3-4-11(13)12(7-10)15(16)17/h3-4,7,9H,2,5-6,8H2,1H3. The van der Waals surface area contributed by atoms with Crippen LogP contribution in [0.3, 0.4) is 0 Å². The minimum Gasteiger partial charge on any atom is -0.377 e. The smallest absolute Gasteiger partial charge is 0.289 e. The van der Waals surface area contributed by atoms with Crippen molar-refractivity contribution in [3.63, 3.8) is 0 Å². The van der Waals surface area contributed by atoms with Crippen molar-refractivity contribution in [2.24, 2.45) is 0 Å². The molecule has 1 saturated heterocycles. The summed E-state index contributed by atoms with van der Waals surface area (Å²) in [5.41, 5.74) is -0.420. The molecule has 0 N–H and O–H groups in total. The molecule has 0 amide bonds. The predicted molar refractivity (Wildman–Crippen MR) is 76.9 cm³/mol. The molecule has 116 valence electrons. The van der Waals surface area contributed by atoms with Crippen molar-refractivity contribution in [2.45, 2.75) is 24.3 Å². The molecule has 9 heteroatoms. The average Bonchev–Trinajstić information content (AvgIpc) is 2.63. The summed E-state index contributed by atoms with van der Waals surface area (Å²) >= 11 is 5.71. The van der Waals surface area contributed by atoms with E-state index >= 15 is 0 Å². The number of nitrogens with zero attached hydrogens (tertiary/aromatic N) is 2. The summed E-state index contributed by atoms with van der Waals surface area (Å²) in [6.45, 7) is 2.83. The summed E-state index contributed by atoms with van der Waals surface area (Å²) in [6.07, 6.45) is 0.365. The second kappa shape index (κ2) is 6.27. The van der Waals surface area contributed by atoms with Crippen LogP contribution in [0, 0.1) is 10.1 Å². The highest BCUT2D eigenvalue weighted by atomic mass is 35.5. The first-order valence-electron chi connectivity index (χ1n) is 6.38. The molecule has 1 aromatic carbocycles. The van der Waals surface area contributed by atoms with Crippen LogP contribution in [-0.2, 0) is 14.8 Å². The van der Waals surface area contributed by atoms with Crippen LogP contribution in [0.15, 0.2) is 23.1 Å². The maximum absolute atomic E-state index is 12.6. The third kappa shape index (κ3) is 3.52. The number of hydrogen-bond acceptors (Lipinski definition) is 5. The molecule has 7 nitrogen and oxygen atoms in total. The first-order valence-corrected chi connectivity index (χ1v) is 8.20. The van der Waals surface area contributed by atoms with Gasteiger partial charge in [0.25, 0.3) is 5.69 Å². The molecule has 0 bridgehead atoms. The van der Waals surface area contributed by atoms with E-state index in [9.17, 15) is 18.5 Å². The lowest BCUT2D eigenvalue weighted by Gasteiger charge is -2.21. The third-order valence-electron chi connectivity index (χ3n) is 3.17. The van der Waals surface area contributed by atoms with Crippen LogP contribution in [-0.4, -0.2) is 43.4 Å². The third-order valence-corrected chi connectivity index (χ3v) is 5.35. The molecule has 0 saturated carbocycles. The lowest BCUT2D eigenvalue weighted by Crippen LogP contribution is -2.35. The van der Waals surface area contributed by atoms with Gasteiger partial charge in [-0.05, 0) is 25.5 Å². The summed E-state index contributed by atoms with van der Waals surface area (Å²) in [6, 6.07) is 3.50. The van der Waals surface area contributed by atoms with Crippen LogP contribution in [0.2, 0.25) is 5.02 Å². The second-order valence-corrected chi connectivity index (χ2v) is 7.11. The van der Waals surface area contributed by atoms with Gasteiger partial charge in [-0.1, -0.05) is 11.6 Å². The highest BCUT2D eigenvalue weighted by Gasteiger charge is 2.29. The Labute approximate surface area is 127 Å². The van der Waals surface area contributed by atoms with Gasteiger partial charge in [0.2, 0.25) is 10.0 Å². The molecule has 1 aliphatic heterocycles. The van der Waals surface area contributed by atoms with E-state index in [4.69, 9.17) is 16.3 Å². The van der Waals surface area contributed by atoms with Gasteiger partial charge in [-0.2, -0.15) is 4.31 Å². The van der Waals surface area contributed by atoms with Gasteiger partial charge in [0, 0.05) is 25.8 Å². The van der Waals surface area contributed by atoms with Crippen molar-refractivity contribution in [3.05, 3.63) is 33.3 Å². The number of benzene rings is 1. The van der Waals surface area contributed by atoms with Crippen molar-refractivity contribution in [1.82, 2.24) is 4.31 Å². The average molecular weight is 335 g/mol. The number of rotatable bonds is 3. The predicted octanol–water partition coefficient (Wildman–Crippen LogP) is 2.05. The minimum absolute atomic E-state index is 0.0912. The Kier molecular flexibility index (Phi) is 4.82. The Morgan fingerprint density at radius 3 is 2.86 bits per heavy atom. The first kappa shape index (κ1) is 16.2. The van der Waals surface area contributed by atoms with Crippen molar-refractivity contribution >= 4 is 27.3 Å². The normalized spacial score (nSPS) is 21.0. The second-order valence-electron chi connectivity index (χ2n) is 4.77. The number of halogens is 1. The highest BCUT2D eigenvalue weighted by molar-refractivity contribution is 7.89. The molecule has 21 heavy (non-hydrogen) atoms. The number of ether oxygens (including phenoxy) is 1. The molecule has 1 aromatic rings. The van der Waals surface area contributed by atoms with Crippen LogP contribution in [0.25, 0.3) is 0 Å². The van der Waals surface area contributed by atoms with E-state index in [-0.39, 0.29) is 22.6 Å². The van der Waals surface area contributed by atoms with E-state index < -0.39 is 20.6 Å². The molecule has 0 aromatic heterocycles. The summed E-state index contributed by atoms with van der Waals surface area (Å²) in [5, 5.41) is 10.8. The molecule has 1 fully saturated rings. The number of sulfonamides is 1. The van der Waals surface area contributed by atoms with Crippen LogP contribution in [0.4, 0.5) is 5.69 Å². The van der Waals surface area contributed by atoms with E-state index in [0.717, 1.165) is 6.07 Å². The molecule has 0 aliphatic carbocycles. The fraction of sp³-hybridized carbons (Fsp3) is 0.500. The van der Waals surface area contributed by atoms with Crippen molar-refractivity contribution in [1.29, 1.82) is 0 Å². The molecule has 0 radical (unpaired) electrons. The zero-order chi connectivity index (χ0) is 15.6. The maximum atomic E-state index is 12.6. The van der Waals surface area contributed by atoms with Gasteiger partial charge in [0.05, 0.1) is 15.9 Å². The zero-order valence-corrected chi connectivity index (χ0v) is 12.9. The van der Waals surface area contributed by atoms with Gasteiger partial charge in [0.1, 0.15) is 5.02 Å². The molecule has 0 spiro atoms. The summed E-state index contributed by atoms with van der Waals surface area (Å²) in [5.74, 6) is 0. The molecule has 2 rings (SSSR count). The summed E-state index contributed by atoms with van der Waals surface area (Å²) < 4.78 is 31.9. The van der Waals surface area contributed by atoms with E-state index in [2.05, 4.69) is 0 Å². The molecular formula is C12H15ClN2O5S. The van der Waals surface area contributed by atoms with Gasteiger partial charge in [-0.3, -0.25) is 10.1 Å². The van der Waals surface area contributed by atoms with E-state index in [0.29, 0.717) is 19.6 Å². The fourth-order valence-corrected chi connectivity index (χ4v) is 3.88. The SMILES string of the molecule is CC1CN(S(=O)(=O)c2ccc(Cl)c([N+](=O)[O-])c2)CCCO1. The topological polar surface area (TPSA) is 89.8 Å². The largest absolute Gasteiger partial charge is 0.377 e. The van der Waals surface area contributed by atoms with Crippen molar-refractivity contribution in [2.75, 3.05) is 19.7 Å². The molecular weight excluding hydrogens is 320 g/mol. The van der Waals surface area contributed by atoms with E-state index in [1.807, 2.05) is 0 Å². The number of hydrogen-bond donors (Lipinski definition) is 0. The van der Waals surface area contributed by atoms with E-state index in [1.54, 1.807) is 6.92 Å². The monoisotopic (exact) mass is 334 g/mol.